The van der Waals surface area contributed by atoms with Crippen LogP contribution in [-0.2, 0) is 4.79 Å². The van der Waals surface area contributed by atoms with Crippen LogP contribution in [0.25, 0.3) is 0 Å². The minimum absolute atomic E-state index is 0.0843. The first-order valence-electron chi connectivity index (χ1n) is 7.94. The second kappa shape index (κ2) is 6.87. The van der Waals surface area contributed by atoms with Crippen LogP contribution in [-0.4, -0.2) is 47.0 Å². The Morgan fingerprint density at radius 2 is 1.90 bits per heavy atom. The SMILES string of the molecule is CCC(CO)(CO)NC(=O)C1CCC2CCCCC2N1. The lowest BCUT2D eigenvalue weighted by Gasteiger charge is -2.41. The largest absolute Gasteiger partial charge is 0.394 e. The molecule has 0 bridgehead atoms. The lowest BCUT2D eigenvalue weighted by Crippen LogP contribution is -2.61. The molecule has 3 unspecified atom stereocenters. The fourth-order valence-corrected chi connectivity index (χ4v) is 3.49. The zero-order chi connectivity index (χ0) is 14.6. The molecule has 2 rings (SSSR count). The van der Waals surface area contributed by atoms with Gasteiger partial charge in [0.25, 0.3) is 0 Å². The average Bonchev–Trinajstić information content (AvgIpc) is 2.52. The van der Waals surface area contributed by atoms with E-state index in [1.165, 1.54) is 19.3 Å². The standard InChI is InChI=1S/C15H28N2O3/c1-2-15(9-18,10-19)17-14(20)13-8-7-11-5-3-4-6-12(11)16-13/h11-13,16,18-19H,2-10H2,1H3,(H,17,20). The molecule has 4 N–H and O–H groups in total. The first kappa shape index (κ1) is 15.7. The van der Waals surface area contributed by atoms with Gasteiger partial charge in [-0.2, -0.15) is 0 Å². The van der Waals surface area contributed by atoms with E-state index in [1.807, 2.05) is 6.92 Å². The van der Waals surface area contributed by atoms with E-state index in [-0.39, 0.29) is 25.2 Å². The highest BCUT2D eigenvalue weighted by molar-refractivity contribution is 5.82. The number of nitrogens with one attached hydrogen (secondary N) is 2. The van der Waals surface area contributed by atoms with Crippen LogP contribution >= 0.6 is 0 Å². The Bertz CT molecular complexity index is 323. The number of hydrogen-bond acceptors (Lipinski definition) is 4. The van der Waals surface area contributed by atoms with E-state index < -0.39 is 5.54 Å². The van der Waals surface area contributed by atoms with Gasteiger partial charge in [0.1, 0.15) is 0 Å². The maximum Gasteiger partial charge on any atom is 0.237 e. The Morgan fingerprint density at radius 1 is 1.20 bits per heavy atom. The highest BCUT2D eigenvalue weighted by Gasteiger charge is 2.37. The van der Waals surface area contributed by atoms with Gasteiger partial charge in [-0.1, -0.05) is 19.8 Å². The number of fused-ring (bicyclic) bond motifs is 1. The van der Waals surface area contributed by atoms with Crippen LogP contribution in [0.4, 0.5) is 0 Å². The number of aliphatic hydroxyl groups excluding tert-OH is 2. The molecule has 5 heteroatoms. The molecule has 1 saturated carbocycles. The molecule has 1 aliphatic heterocycles. The Hall–Kier alpha value is -0.650. The Balaban J connectivity index is 1.92. The molecule has 1 saturated heterocycles. The topological polar surface area (TPSA) is 81.6 Å². The summed E-state index contributed by atoms with van der Waals surface area (Å²) in [6.45, 7) is 1.40. The quantitative estimate of drug-likeness (QED) is 0.594. The molecule has 3 atom stereocenters. The van der Waals surface area contributed by atoms with Crippen molar-refractivity contribution in [1.29, 1.82) is 0 Å². The molecule has 5 nitrogen and oxygen atoms in total. The van der Waals surface area contributed by atoms with Crippen molar-refractivity contribution in [3.63, 3.8) is 0 Å². The van der Waals surface area contributed by atoms with Gasteiger partial charge in [0, 0.05) is 6.04 Å². The highest BCUT2D eigenvalue weighted by Crippen LogP contribution is 2.32. The van der Waals surface area contributed by atoms with Crippen molar-refractivity contribution >= 4 is 5.91 Å². The van der Waals surface area contributed by atoms with Crippen molar-refractivity contribution in [2.45, 2.75) is 69.5 Å². The summed E-state index contributed by atoms with van der Waals surface area (Å²) in [5.74, 6) is 0.637. The van der Waals surface area contributed by atoms with Crippen LogP contribution in [0.5, 0.6) is 0 Å². The minimum atomic E-state index is -0.887. The normalized spacial score (nSPS) is 30.6. The smallest absolute Gasteiger partial charge is 0.237 e. The molecule has 0 aromatic heterocycles. The van der Waals surface area contributed by atoms with Gasteiger partial charge in [0.2, 0.25) is 5.91 Å². The summed E-state index contributed by atoms with van der Waals surface area (Å²) in [6.07, 6.45) is 7.47. The molecule has 20 heavy (non-hydrogen) atoms. The monoisotopic (exact) mass is 284 g/mol. The van der Waals surface area contributed by atoms with Gasteiger partial charge in [0.15, 0.2) is 0 Å². The van der Waals surface area contributed by atoms with E-state index in [1.54, 1.807) is 0 Å². The van der Waals surface area contributed by atoms with Gasteiger partial charge < -0.3 is 20.8 Å². The third-order valence-electron chi connectivity index (χ3n) is 5.14. The van der Waals surface area contributed by atoms with Crippen molar-refractivity contribution in [2.75, 3.05) is 13.2 Å². The molecule has 1 aliphatic carbocycles. The molecule has 0 aromatic rings. The van der Waals surface area contributed by atoms with E-state index in [9.17, 15) is 15.0 Å². The van der Waals surface area contributed by atoms with Gasteiger partial charge in [-0.25, -0.2) is 0 Å². The number of amides is 1. The minimum Gasteiger partial charge on any atom is -0.394 e. The van der Waals surface area contributed by atoms with E-state index in [0.717, 1.165) is 25.2 Å². The molecular weight excluding hydrogens is 256 g/mol. The second-order valence-electron chi connectivity index (χ2n) is 6.39. The van der Waals surface area contributed by atoms with Crippen LogP contribution < -0.4 is 10.6 Å². The van der Waals surface area contributed by atoms with Crippen LogP contribution in [0.3, 0.4) is 0 Å². The average molecular weight is 284 g/mol. The Labute approximate surface area is 121 Å². The summed E-state index contributed by atoms with van der Waals surface area (Å²) in [6, 6.07) is 0.283. The predicted molar refractivity (Wildman–Crippen MR) is 77.2 cm³/mol. The summed E-state index contributed by atoms with van der Waals surface area (Å²) in [7, 11) is 0. The van der Waals surface area contributed by atoms with Gasteiger partial charge in [-0.05, 0) is 38.0 Å². The van der Waals surface area contributed by atoms with E-state index in [0.29, 0.717) is 12.5 Å². The second-order valence-corrected chi connectivity index (χ2v) is 6.39. The number of rotatable bonds is 5. The van der Waals surface area contributed by atoms with Crippen molar-refractivity contribution in [3.05, 3.63) is 0 Å². The number of carbonyl (C=O) groups excluding carboxylic acids is 1. The molecule has 116 valence electrons. The number of aliphatic hydroxyl groups is 2. The van der Waals surface area contributed by atoms with Crippen LogP contribution in [0.2, 0.25) is 0 Å². The first-order valence-corrected chi connectivity index (χ1v) is 7.94. The number of hydrogen-bond donors (Lipinski definition) is 4. The van der Waals surface area contributed by atoms with Crippen LogP contribution in [0, 0.1) is 5.92 Å². The zero-order valence-corrected chi connectivity index (χ0v) is 12.4. The molecule has 0 spiro atoms. The van der Waals surface area contributed by atoms with E-state index in [2.05, 4.69) is 10.6 Å². The molecule has 2 aliphatic rings. The zero-order valence-electron chi connectivity index (χ0n) is 12.4. The molecule has 1 amide bonds. The van der Waals surface area contributed by atoms with Gasteiger partial charge in [0.05, 0.1) is 24.8 Å². The van der Waals surface area contributed by atoms with Crippen molar-refractivity contribution in [3.8, 4) is 0 Å². The van der Waals surface area contributed by atoms with Crippen LogP contribution in [0.1, 0.15) is 51.9 Å². The maximum absolute atomic E-state index is 12.4. The molecular formula is C15H28N2O3. The Kier molecular flexibility index (Phi) is 5.41. The van der Waals surface area contributed by atoms with Gasteiger partial charge >= 0.3 is 0 Å². The third kappa shape index (κ3) is 3.32. The van der Waals surface area contributed by atoms with Crippen LogP contribution in [0.15, 0.2) is 0 Å². The summed E-state index contributed by atoms with van der Waals surface area (Å²) < 4.78 is 0. The van der Waals surface area contributed by atoms with Crippen molar-refractivity contribution in [1.82, 2.24) is 10.6 Å². The molecule has 0 aromatic carbocycles. The van der Waals surface area contributed by atoms with Gasteiger partial charge in [-0.3, -0.25) is 4.79 Å². The van der Waals surface area contributed by atoms with Crippen molar-refractivity contribution in [2.24, 2.45) is 5.92 Å². The lowest BCUT2D eigenvalue weighted by atomic mass is 9.77. The molecule has 0 radical (unpaired) electrons. The summed E-state index contributed by atoms with van der Waals surface area (Å²) in [4.78, 5) is 12.4. The van der Waals surface area contributed by atoms with Crippen molar-refractivity contribution < 1.29 is 15.0 Å². The number of piperidine rings is 1. The van der Waals surface area contributed by atoms with Gasteiger partial charge in [-0.15, -0.1) is 0 Å². The molecule has 1 heterocycles. The Morgan fingerprint density at radius 3 is 2.55 bits per heavy atom. The first-order chi connectivity index (χ1) is 9.64. The summed E-state index contributed by atoms with van der Waals surface area (Å²) in [5.41, 5.74) is -0.887. The fourth-order valence-electron chi connectivity index (χ4n) is 3.49. The summed E-state index contributed by atoms with van der Waals surface area (Å²) >= 11 is 0. The van der Waals surface area contributed by atoms with E-state index >= 15 is 0 Å². The highest BCUT2D eigenvalue weighted by atomic mass is 16.3. The summed E-state index contributed by atoms with van der Waals surface area (Å²) in [5, 5.41) is 25.2. The third-order valence-corrected chi connectivity index (χ3v) is 5.14. The lowest BCUT2D eigenvalue weighted by molar-refractivity contribution is -0.128. The number of carbonyl (C=O) groups is 1. The maximum atomic E-state index is 12.4. The molecule has 2 fully saturated rings. The fraction of sp³-hybridized carbons (Fsp3) is 0.933. The van der Waals surface area contributed by atoms with E-state index in [4.69, 9.17) is 0 Å². The predicted octanol–water partition coefficient (Wildman–Crippen LogP) is 0.547.